The molecule has 0 bridgehead atoms. The highest BCUT2D eigenvalue weighted by atomic mass is 16.5. The molecule has 1 heterocycles. The average molecular weight is 301 g/mol. The van der Waals surface area contributed by atoms with Gasteiger partial charge in [-0.1, -0.05) is 49.4 Å². The van der Waals surface area contributed by atoms with Crippen LogP contribution in [0.3, 0.4) is 0 Å². The second kappa shape index (κ2) is 8.74. The maximum Gasteiger partial charge on any atom is 0.228 e. The molecule has 0 N–H and O–H groups in total. The largest absolute Gasteiger partial charge is 0.359 e. The smallest absolute Gasteiger partial charge is 0.228 e. The average Bonchev–Trinajstić information content (AvgIpc) is 2.82. The van der Waals surface area contributed by atoms with Crippen molar-refractivity contribution in [3.05, 3.63) is 48.0 Å². The first-order chi connectivity index (χ1) is 10.8. The molecule has 1 aromatic carbocycles. The number of nitrogens with zero attached hydrogens (tertiary/aromatic N) is 1. The van der Waals surface area contributed by atoms with Gasteiger partial charge in [0, 0.05) is 25.5 Å². The van der Waals surface area contributed by atoms with E-state index >= 15 is 0 Å². The molecule has 1 saturated heterocycles. The highest BCUT2D eigenvalue weighted by Crippen LogP contribution is 2.30. The van der Waals surface area contributed by atoms with Gasteiger partial charge in [0.05, 0.1) is 0 Å². The number of carbonyl (C=O) groups excluding carboxylic acids is 1. The Bertz CT molecular complexity index is 483. The van der Waals surface area contributed by atoms with Gasteiger partial charge in [-0.05, 0) is 31.7 Å². The van der Waals surface area contributed by atoms with Gasteiger partial charge in [-0.2, -0.15) is 0 Å². The summed E-state index contributed by atoms with van der Waals surface area (Å²) in [6.07, 6.45) is 8.05. The third kappa shape index (κ3) is 4.44. The van der Waals surface area contributed by atoms with Gasteiger partial charge in [0.2, 0.25) is 5.91 Å². The number of rotatable bonds is 8. The van der Waals surface area contributed by atoms with Crippen LogP contribution in [0.15, 0.2) is 42.5 Å². The molecule has 22 heavy (non-hydrogen) atoms. The summed E-state index contributed by atoms with van der Waals surface area (Å²) in [6, 6.07) is 10.1. The van der Waals surface area contributed by atoms with Crippen LogP contribution in [0.1, 0.15) is 45.1 Å². The molecule has 3 heteroatoms. The zero-order valence-electron chi connectivity index (χ0n) is 13.7. The predicted octanol–water partition coefficient (Wildman–Crippen LogP) is 4.14. The Hall–Kier alpha value is -1.61. The first-order valence-corrected chi connectivity index (χ1v) is 8.37. The van der Waals surface area contributed by atoms with E-state index in [1.165, 1.54) is 0 Å². The van der Waals surface area contributed by atoms with Crippen LogP contribution >= 0.6 is 0 Å². The van der Waals surface area contributed by atoms with Crippen LogP contribution in [0.25, 0.3) is 0 Å². The molecule has 1 amide bonds. The number of amides is 1. The first-order valence-electron chi connectivity index (χ1n) is 8.37. The van der Waals surface area contributed by atoms with E-state index in [0.717, 1.165) is 31.2 Å². The van der Waals surface area contributed by atoms with Crippen molar-refractivity contribution in [2.75, 3.05) is 6.61 Å². The number of hydrogen-bond donors (Lipinski definition) is 0. The summed E-state index contributed by atoms with van der Waals surface area (Å²) in [5.74, 6) is 0.342. The van der Waals surface area contributed by atoms with Gasteiger partial charge < -0.3 is 9.64 Å². The molecular weight excluding hydrogens is 274 g/mol. The Balaban J connectivity index is 1.99. The normalized spacial score (nSPS) is 21.9. The number of benzene rings is 1. The van der Waals surface area contributed by atoms with Crippen LogP contribution in [0, 0.1) is 5.92 Å². The first kappa shape index (κ1) is 16.8. The molecule has 1 aliphatic heterocycles. The van der Waals surface area contributed by atoms with Gasteiger partial charge in [0.15, 0.2) is 0 Å². The van der Waals surface area contributed by atoms with Crippen molar-refractivity contribution < 1.29 is 9.53 Å². The Morgan fingerprint density at radius 3 is 2.68 bits per heavy atom. The van der Waals surface area contributed by atoms with Gasteiger partial charge in [-0.15, -0.1) is 0 Å². The number of allylic oxidation sites excluding steroid dienone is 2. The summed E-state index contributed by atoms with van der Waals surface area (Å²) in [7, 11) is 0. The van der Waals surface area contributed by atoms with Crippen LogP contribution in [-0.4, -0.2) is 23.6 Å². The van der Waals surface area contributed by atoms with Crippen LogP contribution in [0.2, 0.25) is 0 Å². The summed E-state index contributed by atoms with van der Waals surface area (Å²) in [6.45, 7) is 5.41. The van der Waals surface area contributed by atoms with Crippen LogP contribution < -0.4 is 0 Å². The van der Waals surface area contributed by atoms with Gasteiger partial charge >= 0.3 is 0 Å². The number of carbonyl (C=O) groups is 1. The highest BCUT2D eigenvalue weighted by Gasteiger charge is 2.39. The molecule has 0 spiro atoms. The fraction of sp³-hybridized carbons (Fsp3) is 0.526. The minimum Gasteiger partial charge on any atom is -0.359 e. The molecule has 1 fully saturated rings. The van der Waals surface area contributed by atoms with Crippen LogP contribution in [0.5, 0.6) is 0 Å². The van der Waals surface area contributed by atoms with Crippen LogP contribution in [-0.2, 0) is 16.1 Å². The predicted molar refractivity (Wildman–Crippen MR) is 89.2 cm³/mol. The second-order valence-corrected chi connectivity index (χ2v) is 5.75. The van der Waals surface area contributed by atoms with Crippen molar-refractivity contribution in [2.24, 2.45) is 5.92 Å². The lowest BCUT2D eigenvalue weighted by Gasteiger charge is -2.24. The Kier molecular flexibility index (Phi) is 6.66. The molecule has 0 saturated carbocycles. The maximum absolute atomic E-state index is 12.7. The second-order valence-electron chi connectivity index (χ2n) is 5.75. The fourth-order valence-electron chi connectivity index (χ4n) is 2.98. The molecule has 1 aromatic rings. The minimum atomic E-state index is -0.0714. The van der Waals surface area contributed by atoms with Crippen molar-refractivity contribution in [2.45, 2.75) is 52.3 Å². The Morgan fingerprint density at radius 2 is 2.00 bits per heavy atom. The molecule has 0 aliphatic carbocycles. The molecule has 3 nitrogen and oxygen atoms in total. The van der Waals surface area contributed by atoms with E-state index in [-0.39, 0.29) is 18.1 Å². The Morgan fingerprint density at radius 1 is 1.23 bits per heavy atom. The van der Waals surface area contributed by atoms with Crippen molar-refractivity contribution in [1.82, 2.24) is 4.90 Å². The van der Waals surface area contributed by atoms with E-state index in [2.05, 4.69) is 31.2 Å². The summed E-state index contributed by atoms with van der Waals surface area (Å²) in [5, 5.41) is 0. The van der Waals surface area contributed by atoms with Crippen molar-refractivity contribution in [3.8, 4) is 0 Å². The van der Waals surface area contributed by atoms with Crippen molar-refractivity contribution >= 4 is 5.91 Å². The minimum absolute atomic E-state index is 0.0714. The number of likely N-dealkylation sites (tertiary alicyclic amines) is 1. The number of hydrogen-bond acceptors (Lipinski definition) is 2. The molecule has 1 aliphatic rings. The summed E-state index contributed by atoms with van der Waals surface area (Å²) >= 11 is 0. The summed E-state index contributed by atoms with van der Waals surface area (Å²) in [5.41, 5.74) is 1.16. The van der Waals surface area contributed by atoms with Gasteiger partial charge in [0.25, 0.3) is 0 Å². The third-order valence-corrected chi connectivity index (χ3v) is 4.11. The van der Waals surface area contributed by atoms with Gasteiger partial charge in [-0.3, -0.25) is 4.79 Å². The highest BCUT2D eigenvalue weighted by molar-refractivity contribution is 5.81. The van der Waals surface area contributed by atoms with E-state index in [0.29, 0.717) is 13.2 Å². The lowest BCUT2D eigenvalue weighted by molar-refractivity contribution is -0.139. The topological polar surface area (TPSA) is 29.5 Å². The van der Waals surface area contributed by atoms with Crippen molar-refractivity contribution in [1.29, 1.82) is 0 Å². The van der Waals surface area contributed by atoms with E-state index in [1.807, 2.05) is 30.0 Å². The van der Waals surface area contributed by atoms with E-state index in [9.17, 15) is 4.79 Å². The van der Waals surface area contributed by atoms with E-state index < -0.39 is 0 Å². The Labute approximate surface area is 134 Å². The molecular formula is C19H27NO2. The van der Waals surface area contributed by atoms with E-state index in [4.69, 9.17) is 4.74 Å². The molecule has 120 valence electrons. The zero-order valence-corrected chi connectivity index (χ0v) is 13.7. The standard InChI is InChI=1S/C19H27NO2/c1-3-5-6-10-13-17-14-18(22-4-2)20(19(17)21)15-16-11-8-7-9-12-16/h5-9,11-12,17-18H,3-4,10,13-15H2,1-2H3/b6-5+. The third-order valence-electron chi connectivity index (χ3n) is 4.11. The van der Waals surface area contributed by atoms with Gasteiger partial charge in [-0.25, -0.2) is 0 Å². The number of ether oxygens (including phenoxy) is 1. The van der Waals surface area contributed by atoms with E-state index in [1.54, 1.807) is 0 Å². The molecule has 2 atom stereocenters. The molecule has 2 unspecified atom stereocenters. The lowest BCUT2D eigenvalue weighted by atomic mass is 10.0. The lowest BCUT2D eigenvalue weighted by Crippen LogP contribution is -2.35. The quantitative estimate of drug-likeness (QED) is 0.675. The zero-order chi connectivity index (χ0) is 15.8. The van der Waals surface area contributed by atoms with Gasteiger partial charge in [0.1, 0.15) is 6.23 Å². The molecule has 0 radical (unpaired) electrons. The monoisotopic (exact) mass is 301 g/mol. The maximum atomic E-state index is 12.7. The SMILES string of the molecule is CC/C=C/CCC1CC(OCC)N(Cc2ccccc2)C1=O. The van der Waals surface area contributed by atoms with Crippen molar-refractivity contribution in [3.63, 3.8) is 0 Å². The summed E-state index contributed by atoms with van der Waals surface area (Å²) in [4.78, 5) is 14.6. The fourth-order valence-corrected chi connectivity index (χ4v) is 2.98. The molecule has 2 rings (SSSR count). The van der Waals surface area contributed by atoms with Crippen LogP contribution in [0.4, 0.5) is 0 Å². The molecule has 0 aromatic heterocycles. The summed E-state index contributed by atoms with van der Waals surface area (Å²) < 4.78 is 5.80.